The molecular weight excluding hydrogens is 656 g/mol. The summed E-state index contributed by atoms with van der Waals surface area (Å²) in [6.07, 6.45) is 6.62. The molecule has 12 heteroatoms. The lowest BCUT2D eigenvalue weighted by molar-refractivity contribution is 0.0779. The number of nitrogens with zero attached hydrogens (tertiary/aromatic N) is 4. The van der Waals surface area contributed by atoms with Gasteiger partial charge in [-0.2, -0.15) is 0 Å². The molecule has 0 spiro atoms. The van der Waals surface area contributed by atoms with Gasteiger partial charge in [-0.05, 0) is 80.3 Å². The van der Waals surface area contributed by atoms with E-state index < -0.39 is 17.0 Å². The predicted octanol–water partition coefficient (Wildman–Crippen LogP) is 6.73. The van der Waals surface area contributed by atoms with Crippen LogP contribution in [0.3, 0.4) is 0 Å². The van der Waals surface area contributed by atoms with Crippen LogP contribution in [0.15, 0.2) is 77.6 Å². The summed E-state index contributed by atoms with van der Waals surface area (Å²) in [7, 11) is 4.53. The number of benzene rings is 3. The quantitative estimate of drug-likeness (QED) is 0.153. The van der Waals surface area contributed by atoms with Gasteiger partial charge in [0.15, 0.2) is 23.1 Å². The third kappa shape index (κ3) is 6.97. The molecule has 2 aliphatic heterocycles. The second kappa shape index (κ2) is 14.6. The molecule has 5 aromatic rings. The van der Waals surface area contributed by atoms with Crippen LogP contribution in [0.5, 0.6) is 17.2 Å². The van der Waals surface area contributed by atoms with Crippen LogP contribution in [0, 0.1) is 11.6 Å². The Morgan fingerprint density at radius 2 is 1.73 bits per heavy atom. The normalized spacial score (nSPS) is 18.3. The molecule has 1 atom stereocenters. The molecule has 0 bridgehead atoms. The van der Waals surface area contributed by atoms with Gasteiger partial charge in [-0.25, -0.2) is 13.8 Å². The number of nitrogens with one attached hydrogen (secondary N) is 1. The summed E-state index contributed by atoms with van der Waals surface area (Å²) in [6.45, 7) is 4.02. The maximum absolute atomic E-state index is 14.7. The SMILES string of the molecule is COc1cc(C(=O)N2CCC(CCN3CCC(Nc4nc5ccccc5n4Cc4ccoc4)CC3)(c3ccc(F)c(F)c3)C2)cc(OC)c1OC. The predicted molar refractivity (Wildman–Crippen MR) is 190 cm³/mol. The van der Waals surface area contributed by atoms with Crippen LogP contribution in [0.2, 0.25) is 0 Å². The Hall–Kier alpha value is -5.10. The number of fused-ring (bicyclic) bond motifs is 1. The lowest BCUT2D eigenvalue weighted by Gasteiger charge is -2.36. The van der Waals surface area contributed by atoms with Crippen molar-refractivity contribution in [3.8, 4) is 17.2 Å². The van der Waals surface area contributed by atoms with Gasteiger partial charge in [-0.15, -0.1) is 0 Å². The van der Waals surface area contributed by atoms with Crippen LogP contribution >= 0.6 is 0 Å². The van der Waals surface area contributed by atoms with E-state index in [1.165, 1.54) is 33.5 Å². The number of carbonyl (C=O) groups is 1. The van der Waals surface area contributed by atoms with Crippen molar-refractivity contribution >= 4 is 22.9 Å². The third-order valence-corrected chi connectivity index (χ3v) is 10.5. The highest BCUT2D eigenvalue weighted by molar-refractivity contribution is 5.96. The highest BCUT2D eigenvalue weighted by atomic mass is 19.2. The molecule has 0 saturated carbocycles. The first kappa shape index (κ1) is 34.4. The van der Waals surface area contributed by atoms with Gasteiger partial charge in [0.05, 0.1) is 51.4 Å². The standard InChI is InChI=1S/C39H43F2N5O5/c1-48-34-20-27(21-35(49-2)36(34)50-3)37(47)45-18-14-39(25-45,28-8-9-30(40)31(41)22-28)13-17-44-15-10-29(11-16-44)42-38-43-32-6-4-5-7-33(32)46(38)23-26-12-19-51-24-26/h4-9,12,19-22,24,29H,10-11,13-18,23,25H2,1-3H3,(H,42,43). The van der Waals surface area contributed by atoms with E-state index in [2.05, 4.69) is 20.9 Å². The minimum Gasteiger partial charge on any atom is -0.493 e. The molecule has 268 valence electrons. The molecule has 3 aromatic carbocycles. The highest BCUT2D eigenvalue weighted by Crippen LogP contribution is 2.42. The van der Waals surface area contributed by atoms with E-state index in [-0.39, 0.29) is 11.9 Å². The van der Waals surface area contributed by atoms with Gasteiger partial charge < -0.3 is 38.3 Å². The number of anilines is 1. The minimum atomic E-state index is -0.884. The monoisotopic (exact) mass is 699 g/mol. The Bertz CT molecular complexity index is 1970. The summed E-state index contributed by atoms with van der Waals surface area (Å²) in [5.41, 5.74) is 3.64. The molecular formula is C39H43F2N5O5. The fourth-order valence-electron chi connectivity index (χ4n) is 7.61. The number of methoxy groups -OCH3 is 3. The molecule has 0 aliphatic carbocycles. The van der Waals surface area contributed by atoms with Gasteiger partial charge in [0.25, 0.3) is 5.91 Å². The van der Waals surface area contributed by atoms with E-state index >= 15 is 0 Å². The van der Waals surface area contributed by atoms with Crippen molar-refractivity contribution in [1.82, 2.24) is 19.4 Å². The van der Waals surface area contributed by atoms with E-state index in [1.54, 1.807) is 35.6 Å². The van der Waals surface area contributed by atoms with E-state index in [9.17, 15) is 13.6 Å². The first-order valence-electron chi connectivity index (χ1n) is 17.3. The first-order valence-corrected chi connectivity index (χ1v) is 17.3. The molecule has 4 heterocycles. The molecule has 1 N–H and O–H groups in total. The van der Waals surface area contributed by atoms with Crippen LogP contribution in [0.1, 0.15) is 47.2 Å². The molecule has 7 rings (SSSR count). The van der Waals surface area contributed by atoms with Gasteiger partial charge in [0.1, 0.15) is 0 Å². The summed E-state index contributed by atoms with van der Waals surface area (Å²) in [6, 6.07) is 17.8. The molecule has 2 saturated heterocycles. The average molecular weight is 700 g/mol. The minimum absolute atomic E-state index is 0.190. The molecule has 2 aromatic heterocycles. The lowest BCUT2D eigenvalue weighted by atomic mass is 9.76. The van der Waals surface area contributed by atoms with Crippen molar-refractivity contribution in [2.45, 2.75) is 43.7 Å². The highest BCUT2D eigenvalue weighted by Gasteiger charge is 2.42. The van der Waals surface area contributed by atoms with Crippen LogP contribution < -0.4 is 19.5 Å². The van der Waals surface area contributed by atoms with Crippen molar-refractivity contribution in [3.05, 3.63) is 102 Å². The van der Waals surface area contributed by atoms with Crippen LogP contribution in [0.4, 0.5) is 14.7 Å². The van der Waals surface area contributed by atoms with Crippen molar-refractivity contribution in [1.29, 1.82) is 0 Å². The van der Waals surface area contributed by atoms with Gasteiger partial charge in [0, 0.05) is 48.8 Å². The summed E-state index contributed by atoms with van der Waals surface area (Å²) in [5, 5.41) is 3.72. The smallest absolute Gasteiger partial charge is 0.254 e. The third-order valence-electron chi connectivity index (χ3n) is 10.5. The number of rotatable bonds is 12. The van der Waals surface area contributed by atoms with Gasteiger partial charge in [-0.1, -0.05) is 18.2 Å². The molecule has 1 amide bonds. The summed E-state index contributed by atoms with van der Waals surface area (Å²) >= 11 is 0. The van der Waals surface area contributed by atoms with E-state index in [0.29, 0.717) is 60.9 Å². The molecule has 0 radical (unpaired) electrons. The summed E-state index contributed by atoms with van der Waals surface area (Å²) in [5.74, 6) is 0.0668. The van der Waals surface area contributed by atoms with Crippen LogP contribution in [-0.4, -0.2) is 85.4 Å². The zero-order valence-electron chi connectivity index (χ0n) is 29.2. The Morgan fingerprint density at radius 1 is 0.961 bits per heavy atom. The van der Waals surface area contributed by atoms with E-state index in [1.807, 2.05) is 24.3 Å². The van der Waals surface area contributed by atoms with Gasteiger partial charge in [0.2, 0.25) is 11.7 Å². The first-order chi connectivity index (χ1) is 24.8. The number of furan rings is 1. The summed E-state index contributed by atoms with van der Waals surface area (Å²) < 4.78 is 52.7. The fraction of sp³-hybridized carbons (Fsp3) is 0.385. The number of para-hydroxylation sites is 2. The Balaban J connectivity index is 1.04. The number of carbonyl (C=O) groups excluding carboxylic acids is 1. The number of halogens is 2. The zero-order chi connectivity index (χ0) is 35.5. The molecule has 2 aliphatic rings. The van der Waals surface area contributed by atoms with E-state index in [4.69, 9.17) is 23.6 Å². The largest absolute Gasteiger partial charge is 0.493 e. The number of hydrogen-bond acceptors (Lipinski definition) is 8. The molecule has 10 nitrogen and oxygen atoms in total. The van der Waals surface area contributed by atoms with E-state index in [0.717, 1.165) is 55.0 Å². The number of hydrogen-bond donors (Lipinski definition) is 1. The molecule has 2 fully saturated rings. The second-order valence-electron chi connectivity index (χ2n) is 13.5. The molecule has 51 heavy (non-hydrogen) atoms. The maximum atomic E-state index is 14.7. The van der Waals surface area contributed by atoms with Crippen LogP contribution in [0.25, 0.3) is 11.0 Å². The Labute approximate surface area is 295 Å². The Kier molecular flexibility index (Phi) is 9.86. The number of aromatic nitrogens is 2. The number of piperidine rings is 1. The van der Waals surface area contributed by atoms with Crippen molar-refractivity contribution in [3.63, 3.8) is 0 Å². The topological polar surface area (TPSA) is 94.2 Å². The van der Waals surface area contributed by atoms with Gasteiger partial charge in [-0.3, -0.25) is 4.79 Å². The number of ether oxygens (including phenoxy) is 3. The summed E-state index contributed by atoms with van der Waals surface area (Å²) in [4.78, 5) is 23.0. The Morgan fingerprint density at radius 3 is 2.41 bits per heavy atom. The maximum Gasteiger partial charge on any atom is 0.254 e. The molecule has 1 unspecified atom stereocenters. The average Bonchev–Trinajstić information content (AvgIpc) is 3.92. The number of likely N-dealkylation sites (tertiary alicyclic amines) is 2. The van der Waals surface area contributed by atoms with Crippen molar-refractivity contribution < 1.29 is 32.2 Å². The van der Waals surface area contributed by atoms with Crippen molar-refractivity contribution in [2.24, 2.45) is 0 Å². The fourth-order valence-corrected chi connectivity index (χ4v) is 7.61. The second-order valence-corrected chi connectivity index (χ2v) is 13.5. The van der Waals surface area contributed by atoms with Gasteiger partial charge >= 0.3 is 0 Å². The van der Waals surface area contributed by atoms with Crippen LogP contribution in [-0.2, 0) is 12.0 Å². The number of amides is 1. The lowest BCUT2D eigenvalue weighted by Crippen LogP contribution is -2.42. The zero-order valence-corrected chi connectivity index (χ0v) is 29.2. The number of imidazole rings is 1. The van der Waals surface area contributed by atoms with Crippen molar-refractivity contribution in [2.75, 3.05) is 59.4 Å².